The average molecular weight is 204 g/mol. The predicted octanol–water partition coefficient (Wildman–Crippen LogP) is 1.27. The molecule has 0 N–H and O–H groups in total. The fourth-order valence-electron chi connectivity index (χ4n) is 1.67. The molecule has 1 heterocycles. The molecule has 0 unspecified atom stereocenters. The molecular formula is C9H18NO2S. The van der Waals surface area contributed by atoms with E-state index in [1.54, 1.807) is 11.2 Å². The van der Waals surface area contributed by atoms with Crippen LogP contribution in [0, 0.1) is 12.3 Å². The minimum absolute atomic E-state index is 0.230. The van der Waals surface area contributed by atoms with Gasteiger partial charge in [0.05, 0.1) is 5.75 Å². The van der Waals surface area contributed by atoms with Crippen LogP contribution in [0.2, 0.25) is 0 Å². The maximum atomic E-state index is 11.5. The summed E-state index contributed by atoms with van der Waals surface area (Å²) in [5.41, 5.74) is 0. The van der Waals surface area contributed by atoms with Crippen LogP contribution in [-0.2, 0) is 10.0 Å². The molecule has 3 nitrogen and oxygen atoms in total. The second-order valence-electron chi connectivity index (χ2n) is 3.47. The highest BCUT2D eigenvalue weighted by atomic mass is 32.2. The van der Waals surface area contributed by atoms with Crippen LogP contribution in [0.4, 0.5) is 0 Å². The summed E-state index contributed by atoms with van der Waals surface area (Å²) in [7, 11) is -2.93. The SMILES string of the molecule is C[CH]C1CCN(S(=O)(=O)CC)CC1. The molecule has 1 aliphatic heterocycles. The second kappa shape index (κ2) is 4.42. The number of hydrogen-bond acceptors (Lipinski definition) is 2. The van der Waals surface area contributed by atoms with E-state index in [-0.39, 0.29) is 5.75 Å². The van der Waals surface area contributed by atoms with Gasteiger partial charge in [0.25, 0.3) is 0 Å². The van der Waals surface area contributed by atoms with Crippen molar-refractivity contribution in [1.82, 2.24) is 4.31 Å². The van der Waals surface area contributed by atoms with Gasteiger partial charge >= 0.3 is 0 Å². The van der Waals surface area contributed by atoms with E-state index in [9.17, 15) is 8.42 Å². The van der Waals surface area contributed by atoms with Crippen LogP contribution in [0.1, 0.15) is 26.7 Å². The molecule has 0 spiro atoms. The number of piperidine rings is 1. The summed E-state index contributed by atoms with van der Waals surface area (Å²) in [6, 6.07) is 0. The van der Waals surface area contributed by atoms with Crippen molar-refractivity contribution in [3.63, 3.8) is 0 Å². The van der Waals surface area contributed by atoms with E-state index >= 15 is 0 Å². The van der Waals surface area contributed by atoms with E-state index in [2.05, 4.69) is 13.3 Å². The van der Waals surface area contributed by atoms with Crippen LogP contribution < -0.4 is 0 Å². The maximum absolute atomic E-state index is 11.5. The highest BCUT2D eigenvalue weighted by Gasteiger charge is 2.25. The van der Waals surface area contributed by atoms with Gasteiger partial charge in [-0.3, -0.25) is 0 Å². The smallest absolute Gasteiger partial charge is 0.212 e. The van der Waals surface area contributed by atoms with Gasteiger partial charge in [-0.1, -0.05) is 6.92 Å². The fraction of sp³-hybridized carbons (Fsp3) is 0.889. The summed E-state index contributed by atoms with van der Waals surface area (Å²) < 4.78 is 24.5. The molecule has 0 saturated carbocycles. The van der Waals surface area contributed by atoms with Gasteiger partial charge in [-0.15, -0.1) is 0 Å². The molecular weight excluding hydrogens is 186 g/mol. The molecule has 1 fully saturated rings. The molecule has 0 aromatic rings. The molecule has 0 aliphatic carbocycles. The Morgan fingerprint density at radius 2 is 1.92 bits per heavy atom. The highest BCUT2D eigenvalue weighted by molar-refractivity contribution is 7.89. The molecule has 77 valence electrons. The first-order valence-electron chi connectivity index (χ1n) is 4.87. The van der Waals surface area contributed by atoms with Crippen molar-refractivity contribution >= 4 is 10.0 Å². The monoisotopic (exact) mass is 204 g/mol. The van der Waals surface area contributed by atoms with E-state index in [0.29, 0.717) is 19.0 Å². The minimum Gasteiger partial charge on any atom is -0.212 e. The topological polar surface area (TPSA) is 37.4 Å². The standard InChI is InChI=1S/C9H18NO2S/c1-3-9-5-7-10(8-6-9)13(11,12)4-2/h3,9H,4-8H2,1-2H3. The molecule has 1 saturated heterocycles. The van der Waals surface area contributed by atoms with E-state index in [1.165, 1.54) is 0 Å². The summed E-state index contributed by atoms with van der Waals surface area (Å²) in [5, 5.41) is 0. The zero-order valence-corrected chi connectivity index (χ0v) is 9.18. The van der Waals surface area contributed by atoms with E-state index in [4.69, 9.17) is 0 Å². The largest absolute Gasteiger partial charge is 0.213 e. The lowest BCUT2D eigenvalue weighted by atomic mass is 9.96. The van der Waals surface area contributed by atoms with E-state index in [1.807, 2.05) is 0 Å². The van der Waals surface area contributed by atoms with Gasteiger partial charge in [0.2, 0.25) is 10.0 Å². The van der Waals surface area contributed by atoms with E-state index in [0.717, 1.165) is 12.8 Å². The molecule has 4 heteroatoms. The molecule has 0 aromatic carbocycles. The third-order valence-corrected chi connectivity index (χ3v) is 4.61. The third kappa shape index (κ3) is 2.68. The first-order valence-corrected chi connectivity index (χ1v) is 6.48. The van der Waals surface area contributed by atoms with Crippen molar-refractivity contribution in [2.75, 3.05) is 18.8 Å². The van der Waals surface area contributed by atoms with Crippen LogP contribution in [0.5, 0.6) is 0 Å². The lowest BCUT2D eigenvalue weighted by molar-refractivity contribution is 0.296. The molecule has 1 radical (unpaired) electrons. The Bertz CT molecular complexity index is 240. The highest BCUT2D eigenvalue weighted by Crippen LogP contribution is 2.21. The number of rotatable bonds is 3. The zero-order chi connectivity index (χ0) is 9.90. The fourth-order valence-corrected chi connectivity index (χ4v) is 2.80. The zero-order valence-electron chi connectivity index (χ0n) is 8.36. The second-order valence-corrected chi connectivity index (χ2v) is 5.73. The molecule has 13 heavy (non-hydrogen) atoms. The van der Waals surface area contributed by atoms with Crippen LogP contribution in [0.15, 0.2) is 0 Å². The van der Waals surface area contributed by atoms with Crippen LogP contribution >= 0.6 is 0 Å². The number of sulfonamides is 1. The normalized spacial score (nSPS) is 22.0. The summed E-state index contributed by atoms with van der Waals surface area (Å²) in [6.45, 7) is 5.15. The first kappa shape index (κ1) is 11.0. The Kier molecular flexibility index (Phi) is 3.74. The van der Waals surface area contributed by atoms with Crippen molar-refractivity contribution in [2.24, 2.45) is 5.92 Å². The summed E-state index contributed by atoms with van der Waals surface area (Å²) in [4.78, 5) is 0. The van der Waals surface area contributed by atoms with Gasteiger partial charge < -0.3 is 0 Å². The van der Waals surface area contributed by atoms with Crippen molar-refractivity contribution in [3.8, 4) is 0 Å². The molecule has 0 bridgehead atoms. The Hall–Kier alpha value is -0.0900. The van der Waals surface area contributed by atoms with Gasteiger partial charge in [-0.2, -0.15) is 0 Å². The van der Waals surface area contributed by atoms with Crippen molar-refractivity contribution in [3.05, 3.63) is 6.42 Å². The van der Waals surface area contributed by atoms with Gasteiger partial charge in [0.15, 0.2) is 0 Å². The van der Waals surface area contributed by atoms with Crippen molar-refractivity contribution < 1.29 is 8.42 Å². The predicted molar refractivity (Wildman–Crippen MR) is 53.7 cm³/mol. The maximum Gasteiger partial charge on any atom is 0.213 e. The van der Waals surface area contributed by atoms with Gasteiger partial charge in [0, 0.05) is 13.1 Å². The Balaban J connectivity index is 2.50. The lowest BCUT2D eigenvalue weighted by Gasteiger charge is -2.30. The Morgan fingerprint density at radius 3 is 2.31 bits per heavy atom. The number of nitrogens with zero attached hydrogens (tertiary/aromatic N) is 1. The van der Waals surface area contributed by atoms with Crippen LogP contribution in [-0.4, -0.2) is 31.6 Å². The molecule has 1 aliphatic rings. The molecule has 1 rings (SSSR count). The first-order chi connectivity index (χ1) is 6.10. The van der Waals surface area contributed by atoms with Crippen LogP contribution in [0.25, 0.3) is 0 Å². The lowest BCUT2D eigenvalue weighted by Crippen LogP contribution is -2.39. The van der Waals surface area contributed by atoms with Gasteiger partial charge in [0.1, 0.15) is 0 Å². The average Bonchev–Trinajstić information content (AvgIpc) is 2.18. The summed E-state index contributed by atoms with van der Waals surface area (Å²) >= 11 is 0. The van der Waals surface area contributed by atoms with Crippen molar-refractivity contribution in [2.45, 2.75) is 26.7 Å². The third-order valence-electron chi connectivity index (χ3n) is 2.73. The van der Waals surface area contributed by atoms with Gasteiger partial charge in [-0.05, 0) is 32.1 Å². The van der Waals surface area contributed by atoms with E-state index < -0.39 is 10.0 Å². The Morgan fingerprint density at radius 1 is 1.38 bits per heavy atom. The van der Waals surface area contributed by atoms with Gasteiger partial charge in [-0.25, -0.2) is 12.7 Å². The summed E-state index contributed by atoms with van der Waals surface area (Å²) in [6.07, 6.45) is 4.14. The quantitative estimate of drug-likeness (QED) is 0.694. The van der Waals surface area contributed by atoms with Crippen LogP contribution in [0.3, 0.4) is 0 Å². The minimum atomic E-state index is -2.93. The van der Waals surface area contributed by atoms with Crippen molar-refractivity contribution in [1.29, 1.82) is 0 Å². The molecule has 0 amide bonds. The molecule has 0 aromatic heterocycles. The molecule has 0 atom stereocenters. The number of hydrogen-bond donors (Lipinski definition) is 0. The summed E-state index contributed by atoms with van der Waals surface area (Å²) in [5.74, 6) is 0.844. The Labute approximate surface area is 81.2 Å².